The molecule has 1 aliphatic rings. The van der Waals surface area contributed by atoms with Gasteiger partial charge in [0.05, 0.1) is 11.5 Å². The number of rotatable bonds is 7. The highest BCUT2D eigenvalue weighted by Crippen LogP contribution is 2.24. The van der Waals surface area contributed by atoms with Crippen LogP contribution in [0.2, 0.25) is 0 Å². The van der Waals surface area contributed by atoms with Gasteiger partial charge in [0.15, 0.2) is 6.23 Å². The minimum absolute atomic E-state index is 0.0361. The van der Waals surface area contributed by atoms with Crippen LogP contribution in [-0.4, -0.2) is 76.8 Å². The quantitative estimate of drug-likeness (QED) is 0.294. The molecule has 12 nitrogen and oxygen atoms in total. The Morgan fingerprint density at radius 1 is 1.09 bits per heavy atom. The van der Waals surface area contributed by atoms with Crippen LogP contribution in [0.25, 0.3) is 0 Å². The molecule has 6 N–H and O–H groups in total. The summed E-state index contributed by atoms with van der Waals surface area (Å²) in [5, 5.41) is 35.3. The number of nitrogens with zero attached hydrogens (tertiary/aromatic N) is 2. The van der Waals surface area contributed by atoms with Gasteiger partial charge in [-0.1, -0.05) is 0 Å². The van der Waals surface area contributed by atoms with Gasteiger partial charge in [-0.2, -0.15) is 0 Å². The Labute approximate surface area is 191 Å². The standard InChI is InChI=1S/C20H27N5O7S/c1-10-8-11(2)22-20(21-10)25-33(30,31)14-6-4-13(5-7-14)24-19-16(23-12(3)27)18(29)17(28)15(9-26)32-19/h4-8,15-19,24,26,28-29H,9H2,1-3H3,(H,23,27)(H,21,22,25)/t15-,16+,17+,18-,19+/m0/s1. The van der Waals surface area contributed by atoms with E-state index in [0.29, 0.717) is 17.1 Å². The highest BCUT2D eigenvalue weighted by atomic mass is 32.2. The maximum atomic E-state index is 12.7. The van der Waals surface area contributed by atoms with Gasteiger partial charge in [-0.05, 0) is 44.2 Å². The summed E-state index contributed by atoms with van der Waals surface area (Å²) in [6.07, 6.45) is -4.90. The smallest absolute Gasteiger partial charge is 0.264 e. The van der Waals surface area contributed by atoms with Crippen molar-refractivity contribution in [3.63, 3.8) is 0 Å². The number of aliphatic hydroxyl groups excluding tert-OH is 3. The van der Waals surface area contributed by atoms with Crippen molar-refractivity contribution in [3.8, 4) is 0 Å². The van der Waals surface area contributed by atoms with E-state index < -0.39 is 53.1 Å². The van der Waals surface area contributed by atoms with E-state index in [1.54, 1.807) is 19.9 Å². The van der Waals surface area contributed by atoms with Gasteiger partial charge < -0.3 is 30.7 Å². The van der Waals surface area contributed by atoms with Gasteiger partial charge >= 0.3 is 0 Å². The average Bonchev–Trinajstić information content (AvgIpc) is 2.72. The number of hydrogen-bond acceptors (Lipinski definition) is 10. The lowest BCUT2D eigenvalue weighted by atomic mass is 9.96. The molecule has 0 saturated carbocycles. The predicted molar refractivity (Wildman–Crippen MR) is 118 cm³/mol. The first-order chi connectivity index (χ1) is 15.5. The van der Waals surface area contributed by atoms with Crippen LogP contribution in [0.15, 0.2) is 35.2 Å². The molecule has 1 aromatic heterocycles. The lowest BCUT2D eigenvalue weighted by Crippen LogP contribution is -2.65. The minimum Gasteiger partial charge on any atom is -0.394 e. The van der Waals surface area contributed by atoms with E-state index in [1.807, 2.05) is 0 Å². The van der Waals surface area contributed by atoms with Crippen LogP contribution in [-0.2, 0) is 19.6 Å². The number of aromatic nitrogens is 2. The lowest BCUT2D eigenvalue weighted by Gasteiger charge is -2.43. The minimum atomic E-state index is -3.95. The van der Waals surface area contributed by atoms with E-state index in [-0.39, 0.29) is 10.8 Å². The number of hydrogen-bond donors (Lipinski definition) is 6. The summed E-state index contributed by atoms with van der Waals surface area (Å²) in [5.41, 5.74) is 1.65. The summed E-state index contributed by atoms with van der Waals surface area (Å²) in [4.78, 5) is 19.6. The second kappa shape index (κ2) is 9.97. The first-order valence-electron chi connectivity index (χ1n) is 10.1. The molecule has 2 aromatic rings. The fourth-order valence-corrected chi connectivity index (χ4v) is 4.42. The van der Waals surface area contributed by atoms with Crippen molar-refractivity contribution in [2.75, 3.05) is 16.6 Å². The largest absolute Gasteiger partial charge is 0.394 e. The summed E-state index contributed by atoms with van der Waals surface area (Å²) in [5.74, 6) is -0.490. The molecule has 0 unspecified atom stereocenters. The summed E-state index contributed by atoms with van der Waals surface area (Å²) < 4.78 is 33.3. The summed E-state index contributed by atoms with van der Waals surface area (Å²) in [7, 11) is -3.95. The first-order valence-corrected chi connectivity index (χ1v) is 11.6. The third kappa shape index (κ3) is 5.94. The Kier molecular flexibility index (Phi) is 7.49. The van der Waals surface area contributed by atoms with Crippen molar-refractivity contribution in [1.29, 1.82) is 0 Å². The van der Waals surface area contributed by atoms with E-state index in [2.05, 4.69) is 25.3 Å². The molecule has 0 aliphatic carbocycles. The van der Waals surface area contributed by atoms with Gasteiger partial charge in [0, 0.05) is 24.0 Å². The number of aryl methyl sites for hydroxylation is 2. The number of carbonyl (C=O) groups excluding carboxylic acids is 1. The molecule has 2 heterocycles. The van der Waals surface area contributed by atoms with Crippen molar-refractivity contribution in [1.82, 2.24) is 15.3 Å². The van der Waals surface area contributed by atoms with Crippen LogP contribution in [0.5, 0.6) is 0 Å². The van der Waals surface area contributed by atoms with Gasteiger partial charge in [-0.3, -0.25) is 4.79 Å². The zero-order chi connectivity index (χ0) is 24.3. The SMILES string of the molecule is CC(=O)N[C@@H]1[C@H](O)[C@H](O)[C@H](CO)O[C@H]1Nc1ccc(S(=O)(=O)Nc2nc(C)cc(C)n2)cc1. The van der Waals surface area contributed by atoms with E-state index in [4.69, 9.17) is 4.74 Å². The molecule has 3 rings (SSSR count). The van der Waals surface area contributed by atoms with Gasteiger partial charge in [0.1, 0.15) is 24.4 Å². The Hall–Kier alpha value is -2.84. The molecule has 0 spiro atoms. The number of benzene rings is 1. The van der Waals surface area contributed by atoms with E-state index in [0.717, 1.165) is 0 Å². The number of nitrogens with one attached hydrogen (secondary N) is 3. The average molecular weight is 482 g/mol. The molecule has 1 aliphatic heterocycles. The molecular weight excluding hydrogens is 454 g/mol. The van der Waals surface area contributed by atoms with Crippen molar-refractivity contribution in [2.24, 2.45) is 0 Å². The Morgan fingerprint density at radius 3 is 2.24 bits per heavy atom. The zero-order valence-corrected chi connectivity index (χ0v) is 19.1. The van der Waals surface area contributed by atoms with Crippen molar-refractivity contribution in [2.45, 2.75) is 56.2 Å². The Bertz CT molecular complexity index is 1080. The predicted octanol–water partition coefficient (Wildman–Crippen LogP) is -0.750. The molecule has 1 aromatic carbocycles. The van der Waals surface area contributed by atoms with Gasteiger partial charge in [-0.25, -0.2) is 23.1 Å². The lowest BCUT2D eigenvalue weighted by molar-refractivity contribution is -0.188. The summed E-state index contributed by atoms with van der Waals surface area (Å²) in [6, 6.07) is 6.33. The number of carbonyl (C=O) groups is 1. The highest BCUT2D eigenvalue weighted by Gasteiger charge is 2.44. The molecule has 180 valence electrons. The Morgan fingerprint density at radius 2 is 1.70 bits per heavy atom. The molecule has 33 heavy (non-hydrogen) atoms. The molecule has 0 bridgehead atoms. The van der Waals surface area contributed by atoms with E-state index in [9.17, 15) is 28.5 Å². The maximum Gasteiger partial charge on any atom is 0.264 e. The molecule has 1 fully saturated rings. The van der Waals surface area contributed by atoms with Crippen LogP contribution in [0, 0.1) is 13.8 Å². The number of sulfonamides is 1. The van der Waals surface area contributed by atoms with Crippen LogP contribution < -0.4 is 15.4 Å². The van der Waals surface area contributed by atoms with Crippen LogP contribution >= 0.6 is 0 Å². The monoisotopic (exact) mass is 481 g/mol. The molecular formula is C20H27N5O7S. The fraction of sp³-hybridized carbons (Fsp3) is 0.450. The van der Waals surface area contributed by atoms with Crippen molar-refractivity contribution in [3.05, 3.63) is 41.7 Å². The third-order valence-corrected chi connectivity index (χ3v) is 6.32. The van der Waals surface area contributed by atoms with Crippen molar-refractivity contribution < 1.29 is 33.3 Å². The zero-order valence-electron chi connectivity index (χ0n) is 18.3. The van der Waals surface area contributed by atoms with Crippen LogP contribution in [0.1, 0.15) is 18.3 Å². The fourth-order valence-electron chi connectivity index (χ4n) is 3.48. The third-order valence-electron chi connectivity index (χ3n) is 4.98. The molecule has 1 amide bonds. The summed E-state index contributed by atoms with van der Waals surface area (Å²) >= 11 is 0. The summed E-state index contributed by atoms with van der Waals surface area (Å²) in [6.45, 7) is 4.16. The second-order valence-corrected chi connectivity index (χ2v) is 9.42. The van der Waals surface area contributed by atoms with Gasteiger partial charge in [0.2, 0.25) is 11.9 Å². The number of anilines is 2. The number of ether oxygens (including phenoxy) is 1. The maximum absolute atomic E-state index is 12.7. The van der Waals surface area contributed by atoms with Crippen LogP contribution in [0.4, 0.5) is 11.6 Å². The highest BCUT2D eigenvalue weighted by molar-refractivity contribution is 7.92. The Balaban J connectivity index is 1.77. The second-order valence-electron chi connectivity index (χ2n) is 7.73. The molecule has 5 atom stereocenters. The van der Waals surface area contributed by atoms with Crippen LogP contribution in [0.3, 0.4) is 0 Å². The van der Waals surface area contributed by atoms with E-state index >= 15 is 0 Å². The number of aliphatic hydroxyl groups is 3. The topological polar surface area (TPSA) is 183 Å². The molecule has 0 radical (unpaired) electrons. The van der Waals surface area contributed by atoms with Gasteiger partial charge in [-0.15, -0.1) is 0 Å². The van der Waals surface area contributed by atoms with Crippen molar-refractivity contribution >= 4 is 27.6 Å². The first kappa shape index (κ1) is 24.8. The number of amides is 1. The van der Waals surface area contributed by atoms with Gasteiger partial charge in [0.25, 0.3) is 10.0 Å². The molecule has 1 saturated heterocycles. The molecule has 13 heteroatoms. The van der Waals surface area contributed by atoms with E-state index in [1.165, 1.54) is 31.2 Å². The normalized spacial score (nSPS) is 25.3.